The summed E-state index contributed by atoms with van der Waals surface area (Å²) in [5.41, 5.74) is 2.16. The number of fused-ring (bicyclic) bond motifs is 1. The summed E-state index contributed by atoms with van der Waals surface area (Å²) in [6.45, 7) is 1.82. The van der Waals surface area contributed by atoms with Gasteiger partial charge in [0.15, 0.2) is 5.76 Å². The van der Waals surface area contributed by atoms with Crippen molar-refractivity contribution in [1.29, 1.82) is 0 Å². The molecule has 1 aromatic carbocycles. The molecule has 166 valence electrons. The molecule has 0 aliphatic carbocycles. The number of nitrogens with zero attached hydrogens (tertiary/aromatic N) is 3. The number of benzene rings is 1. The number of likely N-dealkylation sites (tertiary alicyclic amines) is 1. The van der Waals surface area contributed by atoms with Crippen molar-refractivity contribution in [2.24, 2.45) is 0 Å². The van der Waals surface area contributed by atoms with E-state index in [4.69, 9.17) is 9.15 Å². The van der Waals surface area contributed by atoms with Gasteiger partial charge in [-0.1, -0.05) is 18.2 Å². The number of carbonyl (C=O) groups is 2. The van der Waals surface area contributed by atoms with E-state index >= 15 is 0 Å². The molecule has 8 heteroatoms. The van der Waals surface area contributed by atoms with Crippen LogP contribution in [-0.4, -0.2) is 38.2 Å². The Morgan fingerprint density at radius 2 is 2.00 bits per heavy atom. The highest BCUT2D eigenvalue weighted by molar-refractivity contribution is 6.46. The first-order valence-corrected chi connectivity index (χ1v) is 10.4. The molecule has 3 aromatic heterocycles. The van der Waals surface area contributed by atoms with Gasteiger partial charge in [0.25, 0.3) is 11.7 Å². The lowest BCUT2D eigenvalue weighted by atomic mass is 9.96. The van der Waals surface area contributed by atoms with Gasteiger partial charge in [0, 0.05) is 6.20 Å². The summed E-state index contributed by atoms with van der Waals surface area (Å²) in [6.07, 6.45) is 3.26. The zero-order valence-corrected chi connectivity index (χ0v) is 18.1. The van der Waals surface area contributed by atoms with Crippen LogP contribution in [0.25, 0.3) is 11.4 Å². The van der Waals surface area contributed by atoms with E-state index in [0.717, 1.165) is 0 Å². The number of pyridine rings is 1. The molecule has 1 saturated heterocycles. The first kappa shape index (κ1) is 20.6. The van der Waals surface area contributed by atoms with E-state index in [1.807, 2.05) is 6.07 Å². The number of aromatic nitrogens is 2. The maximum absolute atomic E-state index is 13.3. The summed E-state index contributed by atoms with van der Waals surface area (Å²) in [5, 5.41) is 11.4. The van der Waals surface area contributed by atoms with Crippen LogP contribution in [-0.2, 0) is 16.1 Å². The molecule has 0 spiro atoms. The number of aliphatic hydroxyl groups excluding tert-OH is 1. The number of carbonyl (C=O) groups excluding carboxylic acids is 2. The van der Waals surface area contributed by atoms with Crippen LogP contribution in [0.2, 0.25) is 0 Å². The highest BCUT2D eigenvalue weighted by Gasteiger charge is 2.47. The second-order valence-corrected chi connectivity index (χ2v) is 7.76. The maximum Gasteiger partial charge on any atom is 0.296 e. The summed E-state index contributed by atoms with van der Waals surface area (Å²) in [4.78, 5) is 32.3. The van der Waals surface area contributed by atoms with Gasteiger partial charge in [0.05, 0.1) is 37.2 Å². The van der Waals surface area contributed by atoms with Crippen LogP contribution in [0.4, 0.5) is 0 Å². The molecule has 1 atom stereocenters. The molecule has 1 unspecified atom stereocenters. The fourth-order valence-corrected chi connectivity index (χ4v) is 4.30. The molecule has 1 fully saturated rings. The second-order valence-electron chi connectivity index (χ2n) is 7.76. The predicted molar refractivity (Wildman–Crippen MR) is 119 cm³/mol. The van der Waals surface area contributed by atoms with Gasteiger partial charge in [-0.05, 0) is 48.9 Å². The Bertz CT molecular complexity index is 1400. The Balaban J connectivity index is 1.73. The van der Waals surface area contributed by atoms with E-state index in [9.17, 15) is 14.7 Å². The van der Waals surface area contributed by atoms with Crippen molar-refractivity contribution in [3.05, 3.63) is 95.3 Å². The summed E-state index contributed by atoms with van der Waals surface area (Å²) >= 11 is 0. The quantitative estimate of drug-likeness (QED) is 0.286. The highest BCUT2D eigenvalue weighted by Crippen LogP contribution is 2.41. The number of rotatable bonds is 5. The zero-order valence-electron chi connectivity index (χ0n) is 18.1. The normalized spacial score (nSPS) is 17.8. The van der Waals surface area contributed by atoms with Crippen LogP contribution in [0.3, 0.4) is 0 Å². The molecule has 1 aliphatic rings. The van der Waals surface area contributed by atoms with Crippen LogP contribution in [0, 0.1) is 6.92 Å². The zero-order chi connectivity index (χ0) is 23.1. The van der Waals surface area contributed by atoms with Gasteiger partial charge in [0.2, 0.25) is 0 Å². The number of aliphatic hydroxyl groups is 1. The van der Waals surface area contributed by atoms with E-state index in [0.29, 0.717) is 34.1 Å². The van der Waals surface area contributed by atoms with Crippen LogP contribution < -0.4 is 4.74 Å². The molecule has 5 rings (SSSR count). The van der Waals surface area contributed by atoms with Crippen molar-refractivity contribution in [2.75, 3.05) is 7.11 Å². The standard InChI is InChI=1S/C25H21N3O5/c1-15-21(27-11-4-3-10-19(27)26-15)23(29)20-22(16-7-5-8-17(13-16)32-2)28(25(31)24(20)30)14-18-9-6-12-33-18/h3-13,22,29H,14H2,1-2H3. The first-order chi connectivity index (χ1) is 16.0. The van der Waals surface area contributed by atoms with Crippen molar-refractivity contribution >= 4 is 23.1 Å². The minimum absolute atomic E-state index is 0.00596. The summed E-state index contributed by atoms with van der Waals surface area (Å²) in [7, 11) is 1.54. The van der Waals surface area contributed by atoms with Crippen LogP contribution in [0.15, 0.2) is 77.0 Å². The molecule has 1 N–H and O–H groups in total. The molecular formula is C25H21N3O5. The fourth-order valence-electron chi connectivity index (χ4n) is 4.30. The van der Waals surface area contributed by atoms with Gasteiger partial charge in [-0.15, -0.1) is 0 Å². The molecule has 0 bridgehead atoms. The fraction of sp³-hybridized carbons (Fsp3) is 0.160. The van der Waals surface area contributed by atoms with Crippen LogP contribution in [0.1, 0.15) is 28.8 Å². The molecule has 8 nitrogen and oxygen atoms in total. The van der Waals surface area contributed by atoms with Crippen molar-refractivity contribution in [1.82, 2.24) is 14.3 Å². The number of hydrogen-bond donors (Lipinski definition) is 1. The molecule has 4 heterocycles. The molecule has 1 amide bonds. The number of aryl methyl sites for hydroxylation is 1. The number of furan rings is 1. The van der Waals surface area contributed by atoms with Crippen LogP contribution >= 0.6 is 0 Å². The first-order valence-electron chi connectivity index (χ1n) is 10.4. The number of methoxy groups -OCH3 is 1. The van der Waals surface area contributed by atoms with Crippen LogP contribution in [0.5, 0.6) is 5.75 Å². The molecule has 0 saturated carbocycles. The number of Topliss-reactive ketones (excluding diaryl/α,β-unsaturated/α-hetero) is 1. The largest absolute Gasteiger partial charge is 0.505 e. The van der Waals surface area contributed by atoms with E-state index in [2.05, 4.69) is 4.98 Å². The molecule has 4 aromatic rings. The number of ether oxygens (including phenoxy) is 1. The monoisotopic (exact) mass is 443 g/mol. The summed E-state index contributed by atoms with van der Waals surface area (Å²) in [5.74, 6) is -0.665. The number of hydrogen-bond acceptors (Lipinski definition) is 6. The Hall–Kier alpha value is -4.33. The summed E-state index contributed by atoms with van der Waals surface area (Å²) in [6, 6.07) is 15.2. The third-order valence-corrected chi connectivity index (χ3v) is 5.78. The topological polar surface area (TPSA) is 97.3 Å². The Labute approximate surface area is 189 Å². The second kappa shape index (κ2) is 7.98. The predicted octanol–water partition coefficient (Wildman–Crippen LogP) is 3.87. The molecular weight excluding hydrogens is 422 g/mol. The van der Waals surface area contributed by atoms with Gasteiger partial charge < -0.3 is 19.2 Å². The van der Waals surface area contributed by atoms with Crippen molar-refractivity contribution in [2.45, 2.75) is 19.5 Å². The lowest BCUT2D eigenvalue weighted by Gasteiger charge is -2.24. The number of ketones is 1. The van der Waals surface area contributed by atoms with E-state index < -0.39 is 17.7 Å². The van der Waals surface area contributed by atoms with Gasteiger partial charge in [0.1, 0.15) is 22.9 Å². The molecule has 33 heavy (non-hydrogen) atoms. The Kier molecular flexibility index (Phi) is 4.97. The SMILES string of the molecule is COc1cccc(C2C(=C(O)c3c(C)nc4ccccn34)C(=O)C(=O)N2Cc2ccco2)c1. The summed E-state index contributed by atoms with van der Waals surface area (Å²) < 4.78 is 12.5. The molecule has 1 aliphatic heterocycles. The minimum atomic E-state index is -0.834. The van der Waals surface area contributed by atoms with Crippen molar-refractivity contribution in [3.8, 4) is 5.75 Å². The van der Waals surface area contributed by atoms with Gasteiger partial charge >= 0.3 is 0 Å². The Morgan fingerprint density at radius 1 is 1.15 bits per heavy atom. The highest BCUT2D eigenvalue weighted by atomic mass is 16.5. The van der Waals surface area contributed by atoms with Crippen molar-refractivity contribution < 1.29 is 23.8 Å². The van der Waals surface area contributed by atoms with Gasteiger partial charge in [-0.2, -0.15) is 0 Å². The molecule has 0 radical (unpaired) electrons. The Morgan fingerprint density at radius 3 is 2.76 bits per heavy atom. The van der Waals surface area contributed by atoms with E-state index in [1.165, 1.54) is 11.2 Å². The van der Waals surface area contributed by atoms with E-state index in [-0.39, 0.29) is 17.9 Å². The van der Waals surface area contributed by atoms with E-state index in [1.54, 1.807) is 73.2 Å². The van der Waals surface area contributed by atoms with Crippen molar-refractivity contribution in [3.63, 3.8) is 0 Å². The third-order valence-electron chi connectivity index (χ3n) is 5.78. The lowest BCUT2D eigenvalue weighted by Crippen LogP contribution is -2.29. The average molecular weight is 443 g/mol. The minimum Gasteiger partial charge on any atom is -0.505 e. The number of imidazole rings is 1. The smallest absolute Gasteiger partial charge is 0.296 e. The number of amides is 1. The van der Waals surface area contributed by atoms with Gasteiger partial charge in [-0.3, -0.25) is 14.0 Å². The van der Waals surface area contributed by atoms with Gasteiger partial charge in [-0.25, -0.2) is 4.98 Å². The third kappa shape index (κ3) is 3.36. The lowest BCUT2D eigenvalue weighted by molar-refractivity contribution is -0.140. The maximum atomic E-state index is 13.3. The average Bonchev–Trinajstić information content (AvgIpc) is 3.52.